The third kappa shape index (κ3) is 7.62. The molecule has 4 heteroatoms. The van der Waals surface area contributed by atoms with Gasteiger partial charge in [0, 0.05) is 6.54 Å². The summed E-state index contributed by atoms with van der Waals surface area (Å²) in [6.45, 7) is 2.63. The van der Waals surface area contributed by atoms with Crippen LogP contribution in [0.3, 0.4) is 0 Å². The molecule has 0 heterocycles. The van der Waals surface area contributed by atoms with Crippen molar-refractivity contribution in [2.75, 3.05) is 31.2 Å². The molecule has 0 amide bonds. The Hall–Kier alpha value is -0.490. The molecule has 0 saturated heterocycles. The van der Waals surface area contributed by atoms with Crippen molar-refractivity contribution >= 4 is 22.6 Å². The lowest BCUT2D eigenvalue weighted by Crippen LogP contribution is -2.22. The maximum absolute atomic E-state index is 5.68. The molecule has 0 atom stereocenters. The number of halogens is 1. The van der Waals surface area contributed by atoms with Gasteiger partial charge in [-0.25, -0.2) is 0 Å². The third-order valence-corrected chi connectivity index (χ3v) is 3.61. The first-order chi connectivity index (χ1) is 9.38. The van der Waals surface area contributed by atoms with Crippen molar-refractivity contribution in [1.29, 1.82) is 0 Å². The highest BCUT2D eigenvalue weighted by molar-refractivity contribution is 14.1. The summed E-state index contributed by atoms with van der Waals surface area (Å²) in [6, 6.07) is 7.75. The molecule has 0 spiro atoms. The minimum Gasteiger partial charge on any atom is -0.493 e. The van der Waals surface area contributed by atoms with Crippen LogP contribution in [-0.4, -0.2) is 31.2 Å². The molecule has 1 rings (SSSR count). The Kier molecular flexibility index (Phi) is 9.89. The second kappa shape index (κ2) is 11.3. The van der Waals surface area contributed by atoms with E-state index in [1.807, 2.05) is 24.3 Å². The van der Waals surface area contributed by atoms with E-state index in [1.54, 1.807) is 7.11 Å². The van der Waals surface area contributed by atoms with Crippen LogP contribution in [0.15, 0.2) is 24.3 Å². The van der Waals surface area contributed by atoms with Crippen LogP contribution < -0.4 is 14.8 Å². The molecular formula is C15H24INO2. The molecule has 19 heavy (non-hydrogen) atoms. The lowest BCUT2D eigenvalue weighted by molar-refractivity contribution is 0.292. The van der Waals surface area contributed by atoms with Gasteiger partial charge in [-0.05, 0) is 35.9 Å². The normalized spacial score (nSPS) is 10.4. The molecule has 0 saturated carbocycles. The van der Waals surface area contributed by atoms with Gasteiger partial charge < -0.3 is 14.8 Å². The van der Waals surface area contributed by atoms with Crippen molar-refractivity contribution in [2.45, 2.75) is 25.7 Å². The van der Waals surface area contributed by atoms with Crippen molar-refractivity contribution in [3.63, 3.8) is 0 Å². The molecule has 0 bridgehead atoms. The molecule has 1 aromatic carbocycles. The van der Waals surface area contributed by atoms with E-state index < -0.39 is 0 Å². The highest BCUT2D eigenvalue weighted by atomic mass is 127. The molecule has 0 aliphatic heterocycles. The van der Waals surface area contributed by atoms with E-state index in [0.717, 1.165) is 24.6 Å². The fourth-order valence-corrected chi connectivity index (χ4v) is 2.33. The van der Waals surface area contributed by atoms with Gasteiger partial charge in [-0.2, -0.15) is 0 Å². The Morgan fingerprint density at radius 3 is 2.47 bits per heavy atom. The highest BCUT2D eigenvalue weighted by Crippen LogP contribution is 2.25. The summed E-state index contributed by atoms with van der Waals surface area (Å²) in [5, 5.41) is 3.40. The van der Waals surface area contributed by atoms with Crippen LogP contribution in [0.2, 0.25) is 0 Å². The van der Waals surface area contributed by atoms with Crippen molar-refractivity contribution in [3.05, 3.63) is 24.3 Å². The maximum Gasteiger partial charge on any atom is 0.161 e. The molecule has 108 valence electrons. The van der Waals surface area contributed by atoms with E-state index in [2.05, 4.69) is 27.9 Å². The Balaban J connectivity index is 2.01. The van der Waals surface area contributed by atoms with Crippen molar-refractivity contribution in [2.24, 2.45) is 0 Å². The Labute approximate surface area is 130 Å². The fourth-order valence-electron chi connectivity index (χ4n) is 1.79. The molecule has 0 aliphatic carbocycles. The summed E-state index contributed by atoms with van der Waals surface area (Å²) in [5.74, 6) is 1.61. The van der Waals surface area contributed by atoms with E-state index in [1.165, 1.54) is 30.1 Å². The Morgan fingerprint density at radius 2 is 1.74 bits per heavy atom. The van der Waals surface area contributed by atoms with Gasteiger partial charge in [-0.15, -0.1) is 0 Å². The number of ether oxygens (including phenoxy) is 2. The maximum atomic E-state index is 5.68. The van der Waals surface area contributed by atoms with Gasteiger partial charge >= 0.3 is 0 Å². The number of methoxy groups -OCH3 is 1. The minimum absolute atomic E-state index is 0.675. The third-order valence-electron chi connectivity index (χ3n) is 2.84. The summed E-state index contributed by atoms with van der Waals surface area (Å²) >= 11 is 2.44. The first-order valence-electron chi connectivity index (χ1n) is 6.91. The predicted molar refractivity (Wildman–Crippen MR) is 88.7 cm³/mol. The van der Waals surface area contributed by atoms with Gasteiger partial charge in [0.2, 0.25) is 0 Å². The van der Waals surface area contributed by atoms with Crippen molar-refractivity contribution < 1.29 is 9.47 Å². The predicted octanol–water partition coefficient (Wildman–Crippen LogP) is 3.66. The number of unbranched alkanes of at least 4 members (excludes halogenated alkanes) is 3. The first kappa shape index (κ1) is 16.6. The molecule has 0 aromatic heterocycles. The van der Waals surface area contributed by atoms with Crippen LogP contribution in [0.1, 0.15) is 25.7 Å². The number of hydrogen-bond donors (Lipinski definition) is 1. The number of nitrogens with one attached hydrogen (secondary N) is 1. The van der Waals surface area contributed by atoms with Crippen LogP contribution in [0.5, 0.6) is 11.5 Å². The van der Waals surface area contributed by atoms with Gasteiger partial charge in [-0.1, -0.05) is 47.6 Å². The smallest absolute Gasteiger partial charge is 0.161 e. The molecule has 0 fully saturated rings. The van der Waals surface area contributed by atoms with Crippen LogP contribution in [0, 0.1) is 0 Å². The summed E-state index contributed by atoms with van der Waals surface area (Å²) in [4.78, 5) is 0. The lowest BCUT2D eigenvalue weighted by Gasteiger charge is -2.10. The van der Waals surface area contributed by atoms with Crippen LogP contribution in [0.25, 0.3) is 0 Å². The van der Waals surface area contributed by atoms with E-state index in [9.17, 15) is 0 Å². The summed E-state index contributed by atoms with van der Waals surface area (Å²) in [6.07, 6.45) is 5.27. The second-order valence-corrected chi connectivity index (χ2v) is 5.43. The number of benzene rings is 1. The zero-order valence-corrected chi connectivity index (χ0v) is 13.8. The number of para-hydroxylation sites is 2. The van der Waals surface area contributed by atoms with Crippen LogP contribution >= 0.6 is 22.6 Å². The summed E-state index contributed by atoms with van der Waals surface area (Å²) in [5.41, 5.74) is 0. The van der Waals surface area contributed by atoms with E-state index >= 15 is 0 Å². The minimum atomic E-state index is 0.675. The van der Waals surface area contributed by atoms with Gasteiger partial charge in [0.05, 0.1) is 7.11 Å². The topological polar surface area (TPSA) is 30.5 Å². The van der Waals surface area contributed by atoms with Crippen molar-refractivity contribution in [3.8, 4) is 11.5 Å². The average Bonchev–Trinajstić information content (AvgIpc) is 2.46. The van der Waals surface area contributed by atoms with Crippen LogP contribution in [0.4, 0.5) is 0 Å². The molecule has 1 N–H and O–H groups in total. The first-order valence-corrected chi connectivity index (χ1v) is 8.43. The zero-order valence-electron chi connectivity index (χ0n) is 11.7. The second-order valence-electron chi connectivity index (χ2n) is 4.35. The lowest BCUT2D eigenvalue weighted by atomic mass is 10.2. The Bertz CT molecular complexity index is 334. The molecular weight excluding hydrogens is 353 g/mol. The zero-order chi connectivity index (χ0) is 13.8. The van der Waals surface area contributed by atoms with Gasteiger partial charge in [0.25, 0.3) is 0 Å². The standard InChI is InChI=1S/C15H24INO2/c1-18-14-8-4-5-9-15(14)19-13-12-17-11-7-3-2-6-10-16/h4-5,8-9,17H,2-3,6-7,10-13H2,1H3. The van der Waals surface area contributed by atoms with E-state index in [-0.39, 0.29) is 0 Å². The number of hydrogen-bond acceptors (Lipinski definition) is 3. The van der Waals surface area contributed by atoms with Gasteiger partial charge in [0.15, 0.2) is 11.5 Å². The molecule has 3 nitrogen and oxygen atoms in total. The quantitative estimate of drug-likeness (QED) is 0.363. The monoisotopic (exact) mass is 377 g/mol. The average molecular weight is 377 g/mol. The summed E-state index contributed by atoms with van der Waals surface area (Å²) < 4.78 is 12.2. The largest absolute Gasteiger partial charge is 0.493 e. The molecule has 1 aromatic rings. The van der Waals surface area contributed by atoms with Gasteiger partial charge in [0.1, 0.15) is 6.61 Å². The number of alkyl halides is 1. The van der Waals surface area contributed by atoms with Crippen molar-refractivity contribution in [1.82, 2.24) is 5.32 Å². The fraction of sp³-hybridized carbons (Fsp3) is 0.600. The summed E-state index contributed by atoms with van der Waals surface area (Å²) in [7, 11) is 1.66. The SMILES string of the molecule is COc1ccccc1OCCNCCCCCCI. The van der Waals surface area contributed by atoms with Crippen LogP contribution in [-0.2, 0) is 0 Å². The Morgan fingerprint density at radius 1 is 1.00 bits per heavy atom. The van der Waals surface area contributed by atoms with Gasteiger partial charge in [-0.3, -0.25) is 0 Å². The molecule has 0 radical (unpaired) electrons. The molecule has 0 unspecified atom stereocenters. The van der Waals surface area contributed by atoms with E-state index in [0.29, 0.717) is 6.61 Å². The highest BCUT2D eigenvalue weighted by Gasteiger charge is 2.01. The van der Waals surface area contributed by atoms with E-state index in [4.69, 9.17) is 9.47 Å². The molecule has 0 aliphatic rings. The number of rotatable bonds is 11.